The van der Waals surface area contributed by atoms with E-state index in [0.717, 1.165) is 0 Å². The number of hydrogen-bond acceptors (Lipinski definition) is 7. The molecule has 1 atom stereocenters. The van der Waals surface area contributed by atoms with E-state index in [1.807, 2.05) is 6.92 Å². The molecule has 1 heterocycles. The third-order valence-corrected chi connectivity index (χ3v) is 4.88. The molecule has 164 valence electrons. The number of aromatic hydroxyl groups is 1. The quantitative estimate of drug-likeness (QED) is 0.243. The summed E-state index contributed by atoms with van der Waals surface area (Å²) >= 11 is 0. The molecule has 8 nitrogen and oxygen atoms in total. The van der Waals surface area contributed by atoms with Crippen LogP contribution in [0.3, 0.4) is 0 Å². The monoisotopic (exact) mass is 427 g/mol. The predicted molar refractivity (Wildman–Crippen MR) is 113 cm³/mol. The minimum atomic E-state index is -0.892. The Bertz CT molecular complexity index is 968. The first-order valence-corrected chi connectivity index (χ1v) is 9.97. The number of amides is 1. The second-order valence-corrected chi connectivity index (χ2v) is 6.88. The Labute approximate surface area is 180 Å². The fourth-order valence-electron chi connectivity index (χ4n) is 3.51. The lowest BCUT2D eigenvalue weighted by molar-refractivity contribution is -0.140. The number of nitrogens with zero attached hydrogens (tertiary/aromatic N) is 1. The molecule has 0 aromatic heterocycles. The van der Waals surface area contributed by atoms with Gasteiger partial charge in [-0.25, -0.2) is 0 Å². The van der Waals surface area contributed by atoms with Gasteiger partial charge in [-0.3, -0.25) is 9.59 Å². The largest absolute Gasteiger partial charge is 0.508 e. The summed E-state index contributed by atoms with van der Waals surface area (Å²) in [6.07, 6.45) is 0. The summed E-state index contributed by atoms with van der Waals surface area (Å²) in [6.45, 7) is 2.47. The van der Waals surface area contributed by atoms with Crippen LogP contribution < -0.4 is 4.74 Å². The van der Waals surface area contributed by atoms with E-state index in [0.29, 0.717) is 23.5 Å². The smallest absolute Gasteiger partial charge is 0.295 e. The number of carbonyl (C=O) groups excluding carboxylic acids is 2. The van der Waals surface area contributed by atoms with E-state index < -0.39 is 17.7 Å². The van der Waals surface area contributed by atoms with Gasteiger partial charge >= 0.3 is 0 Å². The van der Waals surface area contributed by atoms with Gasteiger partial charge in [-0.2, -0.15) is 0 Å². The van der Waals surface area contributed by atoms with Gasteiger partial charge in [0, 0.05) is 12.1 Å². The van der Waals surface area contributed by atoms with Gasteiger partial charge in [0.1, 0.15) is 17.3 Å². The zero-order valence-corrected chi connectivity index (χ0v) is 17.2. The third kappa shape index (κ3) is 4.87. The molecule has 2 aromatic carbocycles. The number of phenols is 1. The van der Waals surface area contributed by atoms with Crippen LogP contribution >= 0.6 is 0 Å². The van der Waals surface area contributed by atoms with Crippen LogP contribution in [0.4, 0.5) is 0 Å². The Morgan fingerprint density at radius 1 is 1.10 bits per heavy atom. The molecule has 3 rings (SSSR count). The average Bonchev–Trinajstić information content (AvgIpc) is 3.02. The Hall–Kier alpha value is -3.36. The van der Waals surface area contributed by atoms with Gasteiger partial charge in [0.25, 0.3) is 11.7 Å². The molecule has 0 unspecified atom stereocenters. The number of phenolic OH excluding ortho intramolecular Hbond substituents is 1. The SMILES string of the molecule is CCOc1ccc(C(O)=C2C(=O)C(=O)N(CCOCCO)[C@H]2c2cccc(O)c2)cc1. The molecule has 3 N–H and O–H groups in total. The molecular weight excluding hydrogens is 402 g/mol. The topological polar surface area (TPSA) is 117 Å². The van der Waals surface area contributed by atoms with Gasteiger partial charge in [-0.05, 0) is 48.9 Å². The predicted octanol–water partition coefficient (Wildman–Crippen LogP) is 2.22. The van der Waals surface area contributed by atoms with Crippen LogP contribution in [-0.4, -0.2) is 64.9 Å². The van der Waals surface area contributed by atoms with Crippen LogP contribution in [0.5, 0.6) is 11.5 Å². The zero-order chi connectivity index (χ0) is 22.4. The van der Waals surface area contributed by atoms with Crippen molar-refractivity contribution >= 4 is 17.4 Å². The molecule has 2 aromatic rings. The summed E-state index contributed by atoms with van der Waals surface area (Å²) in [5.41, 5.74) is 0.777. The molecule has 1 amide bonds. The lowest BCUT2D eigenvalue weighted by atomic mass is 9.95. The highest BCUT2D eigenvalue weighted by molar-refractivity contribution is 6.46. The first kappa shape index (κ1) is 22.3. The molecule has 1 aliphatic rings. The minimum absolute atomic E-state index is 0.0271. The number of hydrogen-bond donors (Lipinski definition) is 3. The van der Waals surface area contributed by atoms with Gasteiger partial charge in [0.2, 0.25) is 0 Å². The van der Waals surface area contributed by atoms with Crippen LogP contribution in [0.25, 0.3) is 5.76 Å². The van der Waals surface area contributed by atoms with Crippen LogP contribution in [0.2, 0.25) is 0 Å². The summed E-state index contributed by atoms with van der Waals surface area (Å²) in [5, 5.41) is 29.8. The van der Waals surface area contributed by atoms with Gasteiger partial charge in [-0.1, -0.05) is 12.1 Å². The number of ketones is 1. The van der Waals surface area contributed by atoms with Crippen molar-refractivity contribution < 1.29 is 34.4 Å². The Morgan fingerprint density at radius 3 is 2.48 bits per heavy atom. The van der Waals surface area contributed by atoms with Crippen molar-refractivity contribution in [1.29, 1.82) is 0 Å². The molecule has 1 fully saturated rings. The van der Waals surface area contributed by atoms with E-state index in [9.17, 15) is 19.8 Å². The van der Waals surface area contributed by atoms with E-state index in [1.165, 1.54) is 17.0 Å². The highest BCUT2D eigenvalue weighted by Crippen LogP contribution is 2.40. The second kappa shape index (κ2) is 10.1. The summed E-state index contributed by atoms with van der Waals surface area (Å²) in [7, 11) is 0. The average molecular weight is 427 g/mol. The number of carbonyl (C=O) groups is 2. The number of likely N-dealkylation sites (tertiary alicyclic amines) is 1. The molecule has 1 aliphatic heterocycles. The van der Waals surface area contributed by atoms with E-state index in [1.54, 1.807) is 36.4 Å². The number of aliphatic hydroxyl groups excluding tert-OH is 2. The van der Waals surface area contributed by atoms with Crippen molar-refractivity contribution in [2.45, 2.75) is 13.0 Å². The summed E-state index contributed by atoms with van der Waals surface area (Å²) < 4.78 is 10.7. The van der Waals surface area contributed by atoms with Gasteiger partial charge in [0.15, 0.2) is 0 Å². The molecule has 8 heteroatoms. The maximum Gasteiger partial charge on any atom is 0.295 e. The molecule has 0 spiro atoms. The molecule has 0 saturated carbocycles. The maximum absolute atomic E-state index is 12.9. The molecule has 0 bridgehead atoms. The van der Waals surface area contributed by atoms with Crippen molar-refractivity contribution in [2.75, 3.05) is 33.0 Å². The third-order valence-electron chi connectivity index (χ3n) is 4.88. The standard InChI is InChI=1S/C23H25NO7/c1-2-31-18-8-6-15(7-9-18)21(27)19-20(16-4-3-5-17(26)14-16)24(23(29)22(19)28)10-12-30-13-11-25/h3-9,14,20,25-27H,2,10-13H2,1H3/t20-/m0/s1. The Balaban J connectivity index is 2.03. The van der Waals surface area contributed by atoms with Crippen LogP contribution in [0, 0.1) is 0 Å². The van der Waals surface area contributed by atoms with E-state index >= 15 is 0 Å². The van der Waals surface area contributed by atoms with Gasteiger partial charge in [0.05, 0.1) is 38.0 Å². The zero-order valence-electron chi connectivity index (χ0n) is 17.2. The van der Waals surface area contributed by atoms with Gasteiger partial charge in [-0.15, -0.1) is 0 Å². The summed E-state index contributed by atoms with van der Waals surface area (Å²) in [5.74, 6) is -1.31. The van der Waals surface area contributed by atoms with Crippen LogP contribution in [-0.2, 0) is 14.3 Å². The summed E-state index contributed by atoms with van der Waals surface area (Å²) in [6, 6.07) is 11.9. The number of rotatable bonds is 9. The summed E-state index contributed by atoms with van der Waals surface area (Å²) in [4.78, 5) is 26.9. The normalized spacial score (nSPS) is 17.9. The van der Waals surface area contributed by atoms with E-state index in [-0.39, 0.29) is 43.4 Å². The first-order valence-electron chi connectivity index (χ1n) is 9.97. The van der Waals surface area contributed by atoms with Crippen molar-refractivity contribution in [3.63, 3.8) is 0 Å². The number of ether oxygens (including phenoxy) is 2. The Kier molecular flexibility index (Phi) is 7.28. The first-order chi connectivity index (χ1) is 15.0. The molecule has 0 aliphatic carbocycles. The van der Waals surface area contributed by atoms with Crippen molar-refractivity contribution in [2.24, 2.45) is 0 Å². The molecule has 31 heavy (non-hydrogen) atoms. The van der Waals surface area contributed by atoms with Crippen molar-refractivity contribution in [1.82, 2.24) is 4.90 Å². The fraction of sp³-hybridized carbons (Fsp3) is 0.304. The van der Waals surface area contributed by atoms with Crippen molar-refractivity contribution in [3.05, 3.63) is 65.2 Å². The van der Waals surface area contributed by atoms with Gasteiger partial charge < -0.3 is 29.7 Å². The maximum atomic E-state index is 12.9. The highest BCUT2D eigenvalue weighted by Gasteiger charge is 2.46. The number of benzene rings is 2. The van der Waals surface area contributed by atoms with Crippen LogP contribution in [0.1, 0.15) is 24.1 Å². The second-order valence-electron chi connectivity index (χ2n) is 6.88. The number of Topliss-reactive ketones (excluding diaryl/α,β-unsaturated/α-hetero) is 1. The number of aliphatic hydroxyl groups is 2. The fourth-order valence-corrected chi connectivity index (χ4v) is 3.51. The lowest BCUT2D eigenvalue weighted by Crippen LogP contribution is -2.33. The highest BCUT2D eigenvalue weighted by atomic mass is 16.5. The Morgan fingerprint density at radius 2 is 1.84 bits per heavy atom. The molecule has 1 saturated heterocycles. The molecular formula is C23H25NO7. The molecule has 0 radical (unpaired) electrons. The lowest BCUT2D eigenvalue weighted by Gasteiger charge is -2.25. The van der Waals surface area contributed by atoms with Crippen molar-refractivity contribution in [3.8, 4) is 11.5 Å². The van der Waals surface area contributed by atoms with E-state index in [4.69, 9.17) is 14.6 Å². The van der Waals surface area contributed by atoms with Crippen LogP contribution in [0.15, 0.2) is 54.1 Å². The van der Waals surface area contributed by atoms with E-state index in [2.05, 4.69) is 0 Å². The minimum Gasteiger partial charge on any atom is -0.508 e.